The second-order valence-electron chi connectivity index (χ2n) is 2.11. The lowest BCUT2D eigenvalue weighted by Crippen LogP contribution is -1.96. The van der Waals surface area contributed by atoms with Crippen molar-refractivity contribution < 1.29 is 9.30 Å². The topological polar surface area (TPSA) is 26.3 Å². The van der Waals surface area contributed by atoms with Crippen LogP contribution in [0.3, 0.4) is 0 Å². The third kappa shape index (κ3) is 4.08. The molecule has 0 aromatic carbocycles. The first-order chi connectivity index (χ1) is 4.18. The summed E-state index contributed by atoms with van der Waals surface area (Å²) in [6, 6.07) is 0. The van der Waals surface area contributed by atoms with Gasteiger partial charge in [-0.2, -0.15) is 0 Å². The van der Waals surface area contributed by atoms with E-state index in [1.165, 1.54) is 0 Å². The average molecular weight is 166 g/mol. The van der Waals surface area contributed by atoms with Gasteiger partial charge in [0.05, 0.1) is 6.35 Å². The first-order valence-corrected chi connectivity index (χ1v) is 5.50. The molecular weight excluding hydrogens is 147 g/mol. The highest BCUT2D eigenvalue weighted by molar-refractivity contribution is 7.63. The molecule has 0 aliphatic rings. The van der Waals surface area contributed by atoms with Crippen LogP contribution in [0.25, 0.3) is 0 Å². The molecule has 0 bridgehead atoms. The number of methoxy groups -OCH3 is 1. The van der Waals surface area contributed by atoms with Gasteiger partial charge >= 0.3 is 0 Å². The van der Waals surface area contributed by atoms with E-state index in [4.69, 9.17) is 4.74 Å². The van der Waals surface area contributed by atoms with Crippen LogP contribution in [0.5, 0.6) is 0 Å². The van der Waals surface area contributed by atoms with Crippen LogP contribution < -0.4 is 0 Å². The third-order valence-electron chi connectivity index (χ3n) is 1.52. The molecule has 0 radical (unpaired) electrons. The summed E-state index contributed by atoms with van der Waals surface area (Å²) >= 11 is 0. The molecule has 0 aromatic rings. The predicted octanol–water partition coefficient (Wildman–Crippen LogP) is 2.63. The van der Waals surface area contributed by atoms with Crippen molar-refractivity contribution in [3.8, 4) is 0 Å². The molecule has 0 amide bonds. The van der Waals surface area contributed by atoms with Gasteiger partial charge in [0.25, 0.3) is 0 Å². The Hall–Kier alpha value is 0.190. The van der Waals surface area contributed by atoms with E-state index in [0.29, 0.717) is 6.35 Å². The lowest BCUT2D eigenvalue weighted by atomic mass is 11.0. The average Bonchev–Trinajstić information content (AvgIpc) is 1.89. The Labute approximate surface area is 64.3 Å². The fourth-order valence-electron chi connectivity index (χ4n) is 0.641. The SMILES string of the molecule is C.CCP(=O)(CC)COC. The van der Waals surface area contributed by atoms with Gasteiger partial charge < -0.3 is 9.30 Å². The van der Waals surface area contributed by atoms with Crippen LogP contribution in [0.2, 0.25) is 0 Å². The van der Waals surface area contributed by atoms with Gasteiger partial charge in [-0.1, -0.05) is 21.3 Å². The molecule has 0 rings (SSSR count). The molecule has 0 saturated heterocycles. The summed E-state index contributed by atoms with van der Waals surface area (Å²) in [5, 5.41) is 0. The zero-order valence-corrected chi connectivity index (χ0v) is 7.28. The van der Waals surface area contributed by atoms with Crippen molar-refractivity contribution in [2.75, 3.05) is 25.8 Å². The molecule has 0 heterocycles. The number of rotatable bonds is 4. The van der Waals surface area contributed by atoms with E-state index in [2.05, 4.69) is 0 Å². The summed E-state index contributed by atoms with van der Waals surface area (Å²) in [6.45, 7) is 3.90. The van der Waals surface area contributed by atoms with Crippen LogP contribution in [0.1, 0.15) is 21.3 Å². The van der Waals surface area contributed by atoms with E-state index < -0.39 is 7.14 Å². The van der Waals surface area contributed by atoms with Crippen molar-refractivity contribution >= 4 is 7.14 Å². The molecular formula is C7H19O2P. The molecule has 0 aliphatic heterocycles. The van der Waals surface area contributed by atoms with Gasteiger partial charge in [0.2, 0.25) is 0 Å². The molecule has 0 aromatic heterocycles. The van der Waals surface area contributed by atoms with Crippen LogP contribution in [-0.2, 0) is 9.30 Å². The van der Waals surface area contributed by atoms with Crippen LogP contribution in [-0.4, -0.2) is 25.8 Å². The van der Waals surface area contributed by atoms with Gasteiger partial charge in [-0.25, -0.2) is 0 Å². The summed E-state index contributed by atoms with van der Waals surface area (Å²) in [5.41, 5.74) is 0. The van der Waals surface area contributed by atoms with Crippen molar-refractivity contribution in [3.63, 3.8) is 0 Å². The summed E-state index contributed by atoms with van der Waals surface area (Å²) in [5.74, 6) is 0. The van der Waals surface area contributed by atoms with Gasteiger partial charge in [-0.05, 0) is 0 Å². The molecule has 64 valence electrons. The minimum Gasteiger partial charge on any atom is -0.377 e. The van der Waals surface area contributed by atoms with Crippen molar-refractivity contribution in [1.29, 1.82) is 0 Å². The largest absolute Gasteiger partial charge is 0.377 e. The van der Waals surface area contributed by atoms with Crippen molar-refractivity contribution in [2.45, 2.75) is 21.3 Å². The highest BCUT2D eigenvalue weighted by Gasteiger charge is 2.15. The lowest BCUT2D eigenvalue weighted by molar-refractivity contribution is 0.249. The fraction of sp³-hybridized carbons (Fsp3) is 1.00. The molecule has 0 fully saturated rings. The molecule has 3 heteroatoms. The Kier molecular flexibility index (Phi) is 7.62. The van der Waals surface area contributed by atoms with E-state index in [0.717, 1.165) is 12.3 Å². The van der Waals surface area contributed by atoms with Crippen molar-refractivity contribution in [1.82, 2.24) is 0 Å². The van der Waals surface area contributed by atoms with Crippen LogP contribution in [0, 0.1) is 0 Å². The summed E-state index contributed by atoms with van der Waals surface area (Å²) < 4.78 is 16.3. The van der Waals surface area contributed by atoms with Crippen LogP contribution >= 0.6 is 7.14 Å². The normalized spacial score (nSPS) is 10.7. The monoisotopic (exact) mass is 166 g/mol. The van der Waals surface area contributed by atoms with E-state index in [1.54, 1.807) is 7.11 Å². The predicted molar refractivity (Wildman–Crippen MR) is 47.3 cm³/mol. The minimum atomic E-state index is -1.90. The third-order valence-corrected chi connectivity index (χ3v) is 4.55. The summed E-state index contributed by atoms with van der Waals surface area (Å²) in [4.78, 5) is 0. The quantitative estimate of drug-likeness (QED) is 0.600. The van der Waals surface area contributed by atoms with Gasteiger partial charge in [0.15, 0.2) is 0 Å². The highest BCUT2D eigenvalue weighted by Crippen LogP contribution is 2.43. The first kappa shape index (κ1) is 12.8. The zero-order valence-electron chi connectivity index (χ0n) is 6.39. The molecule has 0 saturated carbocycles. The maximum atomic E-state index is 11.4. The standard InChI is InChI=1S/C6H15O2P.CH4/c1-4-9(7,5-2)6-8-3;/h4-6H2,1-3H3;1H4. The highest BCUT2D eigenvalue weighted by atomic mass is 31.2. The number of hydrogen-bond acceptors (Lipinski definition) is 2. The Morgan fingerprint density at radius 2 is 1.70 bits per heavy atom. The molecule has 0 atom stereocenters. The molecule has 0 unspecified atom stereocenters. The van der Waals surface area contributed by atoms with E-state index in [1.807, 2.05) is 13.8 Å². The Bertz CT molecular complexity index is 104. The molecule has 10 heavy (non-hydrogen) atoms. The van der Waals surface area contributed by atoms with E-state index in [-0.39, 0.29) is 7.43 Å². The molecule has 0 spiro atoms. The second-order valence-corrected chi connectivity index (χ2v) is 5.75. The van der Waals surface area contributed by atoms with Gasteiger partial charge in [0, 0.05) is 19.4 Å². The van der Waals surface area contributed by atoms with Crippen molar-refractivity contribution in [3.05, 3.63) is 0 Å². The number of ether oxygens (including phenoxy) is 1. The lowest BCUT2D eigenvalue weighted by Gasteiger charge is -2.11. The maximum Gasteiger partial charge on any atom is 0.111 e. The van der Waals surface area contributed by atoms with E-state index >= 15 is 0 Å². The first-order valence-electron chi connectivity index (χ1n) is 3.24. The Balaban J connectivity index is 0. The zero-order chi connectivity index (χ0) is 7.33. The van der Waals surface area contributed by atoms with Gasteiger partial charge in [-0.3, -0.25) is 0 Å². The number of hydrogen-bond donors (Lipinski definition) is 0. The van der Waals surface area contributed by atoms with E-state index in [9.17, 15) is 4.57 Å². The van der Waals surface area contributed by atoms with Gasteiger partial charge in [0.1, 0.15) is 7.14 Å². The van der Waals surface area contributed by atoms with Crippen molar-refractivity contribution in [2.24, 2.45) is 0 Å². The molecule has 0 N–H and O–H groups in total. The summed E-state index contributed by atoms with van der Waals surface area (Å²) in [7, 11) is -0.308. The molecule has 2 nitrogen and oxygen atoms in total. The smallest absolute Gasteiger partial charge is 0.111 e. The fourth-order valence-corrected chi connectivity index (χ4v) is 1.92. The summed E-state index contributed by atoms with van der Waals surface area (Å²) in [6.07, 6.45) is 1.97. The Morgan fingerprint density at radius 3 is 1.80 bits per heavy atom. The molecule has 0 aliphatic carbocycles. The second kappa shape index (κ2) is 5.94. The van der Waals surface area contributed by atoms with Crippen LogP contribution in [0.4, 0.5) is 0 Å². The maximum absolute atomic E-state index is 11.4. The van der Waals surface area contributed by atoms with Gasteiger partial charge in [-0.15, -0.1) is 0 Å². The van der Waals surface area contributed by atoms with Crippen LogP contribution in [0.15, 0.2) is 0 Å². The Morgan fingerprint density at radius 1 is 1.30 bits per heavy atom. The minimum absolute atomic E-state index is 0.